The van der Waals surface area contributed by atoms with Crippen LogP contribution < -0.4 is 15.4 Å². The smallest absolute Gasteiger partial charge is 0.335 e. The zero-order valence-electron chi connectivity index (χ0n) is 23.6. The number of carbonyl (C=O) groups is 3. The van der Waals surface area contributed by atoms with Crippen molar-refractivity contribution in [1.82, 2.24) is 0 Å². The standard InChI is InChI=1S/C32H38N2O5/c1-31(2,3)22-15-18-27(25(20-22)32(4,5)6)39-19-9-12-28(35)34-26-11-8-7-10-24(26)29(36)33-23-16-13-21(14-17-23)30(37)38/h7-8,10-11,13-18,20H,9,12,19H2,1-6H3,(H,33,36)(H,34,35)(H,37,38). The molecule has 0 unspecified atom stereocenters. The summed E-state index contributed by atoms with van der Waals surface area (Å²) in [6, 6.07) is 18.9. The van der Waals surface area contributed by atoms with E-state index in [0.717, 1.165) is 11.3 Å². The van der Waals surface area contributed by atoms with E-state index in [4.69, 9.17) is 9.84 Å². The van der Waals surface area contributed by atoms with Crippen molar-refractivity contribution in [2.45, 2.75) is 65.2 Å². The number of rotatable bonds is 9. The number of benzene rings is 3. The van der Waals surface area contributed by atoms with E-state index >= 15 is 0 Å². The molecule has 0 aliphatic heterocycles. The number of carboxylic acids is 1. The molecule has 206 valence electrons. The van der Waals surface area contributed by atoms with Crippen LogP contribution in [0, 0.1) is 0 Å². The van der Waals surface area contributed by atoms with Gasteiger partial charge in [0, 0.05) is 12.1 Å². The largest absolute Gasteiger partial charge is 0.493 e. The summed E-state index contributed by atoms with van der Waals surface area (Å²) in [6.07, 6.45) is 0.748. The van der Waals surface area contributed by atoms with E-state index < -0.39 is 11.9 Å². The number of aromatic carboxylic acids is 1. The van der Waals surface area contributed by atoms with Gasteiger partial charge in [-0.25, -0.2) is 4.79 Å². The zero-order chi connectivity index (χ0) is 28.8. The number of hydrogen-bond acceptors (Lipinski definition) is 4. The quantitative estimate of drug-likeness (QED) is 0.258. The third kappa shape index (κ3) is 8.18. The molecule has 2 amide bonds. The Hall–Kier alpha value is -4.13. The van der Waals surface area contributed by atoms with Gasteiger partial charge < -0.3 is 20.5 Å². The van der Waals surface area contributed by atoms with Crippen LogP contribution in [0.4, 0.5) is 11.4 Å². The Morgan fingerprint density at radius 3 is 2.10 bits per heavy atom. The SMILES string of the molecule is CC(C)(C)c1ccc(OCCCC(=O)Nc2ccccc2C(=O)Nc2ccc(C(=O)O)cc2)c(C(C)(C)C)c1. The molecular weight excluding hydrogens is 492 g/mol. The second-order valence-corrected chi connectivity index (χ2v) is 11.6. The molecule has 3 aromatic carbocycles. The summed E-state index contributed by atoms with van der Waals surface area (Å²) in [6.45, 7) is 13.4. The van der Waals surface area contributed by atoms with E-state index in [2.05, 4.69) is 64.3 Å². The number of ether oxygens (including phenoxy) is 1. The van der Waals surface area contributed by atoms with Crippen molar-refractivity contribution in [1.29, 1.82) is 0 Å². The van der Waals surface area contributed by atoms with Crippen molar-refractivity contribution < 1.29 is 24.2 Å². The Bertz CT molecular complexity index is 1330. The summed E-state index contributed by atoms with van der Waals surface area (Å²) in [7, 11) is 0. The van der Waals surface area contributed by atoms with Crippen molar-refractivity contribution in [3.63, 3.8) is 0 Å². The summed E-state index contributed by atoms with van der Waals surface area (Å²) in [5.41, 5.74) is 3.62. The summed E-state index contributed by atoms with van der Waals surface area (Å²) in [5.74, 6) is -0.844. The third-order valence-electron chi connectivity index (χ3n) is 6.29. The molecule has 0 aromatic heterocycles. The van der Waals surface area contributed by atoms with Crippen LogP contribution in [0.3, 0.4) is 0 Å². The van der Waals surface area contributed by atoms with Gasteiger partial charge in [-0.15, -0.1) is 0 Å². The molecule has 0 spiro atoms. The molecule has 0 bridgehead atoms. The number of amides is 2. The summed E-state index contributed by atoms with van der Waals surface area (Å²) >= 11 is 0. The van der Waals surface area contributed by atoms with Gasteiger partial charge in [-0.05, 0) is 70.8 Å². The Kier molecular flexibility index (Phi) is 9.17. The monoisotopic (exact) mass is 530 g/mol. The Labute approximate surface area is 230 Å². The van der Waals surface area contributed by atoms with Gasteiger partial charge >= 0.3 is 5.97 Å². The minimum atomic E-state index is -1.04. The fraction of sp³-hybridized carbons (Fsp3) is 0.344. The van der Waals surface area contributed by atoms with Crippen LogP contribution in [0.1, 0.15) is 86.2 Å². The number of nitrogens with one attached hydrogen (secondary N) is 2. The average Bonchev–Trinajstić information content (AvgIpc) is 2.86. The van der Waals surface area contributed by atoms with Crippen molar-refractivity contribution in [3.05, 3.63) is 89.0 Å². The number of para-hydroxylation sites is 1. The minimum Gasteiger partial charge on any atom is -0.493 e. The molecule has 7 nitrogen and oxygen atoms in total. The Balaban J connectivity index is 1.58. The minimum absolute atomic E-state index is 0.0365. The van der Waals surface area contributed by atoms with Gasteiger partial charge in [-0.3, -0.25) is 9.59 Å². The predicted octanol–water partition coefficient (Wildman–Crippen LogP) is 7.03. The van der Waals surface area contributed by atoms with E-state index in [0.29, 0.717) is 30.0 Å². The van der Waals surface area contributed by atoms with Crippen LogP contribution >= 0.6 is 0 Å². The molecule has 39 heavy (non-hydrogen) atoms. The molecule has 3 aromatic rings. The number of anilines is 2. The van der Waals surface area contributed by atoms with E-state index in [1.54, 1.807) is 24.3 Å². The normalized spacial score (nSPS) is 11.5. The lowest BCUT2D eigenvalue weighted by Gasteiger charge is -2.27. The van der Waals surface area contributed by atoms with Crippen molar-refractivity contribution >= 4 is 29.2 Å². The predicted molar refractivity (Wildman–Crippen MR) is 155 cm³/mol. The average molecular weight is 531 g/mol. The van der Waals surface area contributed by atoms with Crippen molar-refractivity contribution in [2.75, 3.05) is 17.2 Å². The first kappa shape index (κ1) is 29.4. The van der Waals surface area contributed by atoms with E-state index in [1.165, 1.54) is 29.8 Å². The van der Waals surface area contributed by atoms with Gasteiger partial charge in [0.25, 0.3) is 5.91 Å². The lowest BCUT2D eigenvalue weighted by molar-refractivity contribution is -0.116. The van der Waals surface area contributed by atoms with Crippen molar-refractivity contribution in [2.24, 2.45) is 0 Å². The van der Waals surface area contributed by atoms with Crippen LogP contribution in [0.25, 0.3) is 0 Å². The van der Waals surface area contributed by atoms with Gasteiger partial charge in [-0.1, -0.05) is 65.8 Å². The van der Waals surface area contributed by atoms with Gasteiger partial charge in [0.15, 0.2) is 0 Å². The number of carboxylic acid groups (broad SMARTS) is 1. The van der Waals surface area contributed by atoms with Gasteiger partial charge in [0.2, 0.25) is 5.91 Å². The highest BCUT2D eigenvalue weighted by atomic mass is 16.5. The molecule has 0 saturated heterocycles. The first-order valence-electron chi connectivity index (χ1n) is 13.1. The Morgan fingerprint density at radius 1 is 0.821 bits per heavy atom. The highest BCUT2D eigenvalue weighted by molar-refractivity contribution is 6.10. The molecule has 0 aliphatic rings. The molecule has 0 atom stereocenters. The Morgan fingerprint density at radius 2 is 1.49 bits per heavy atom. The topological polar surface area (TPSA) is 105 Å². The maximum atomic E-state index is 12.9. The van der Waals surface area contributed by atoms with Gasteiger partial charge in [0.1, 0.15) is 5.75 Å². The molecule has 3 N–H and O–H groups in total. The van der Waals surface area contributed by atoms with E-state index in [9.17, 15) is 14.4 Å². The van der Waals surface area contributed by atoms with Crippen LogP contribution in [-0.2, 0) is 15.6 Å². The van der Waals surface area contributed by atoms with E-state index in [-0.39, 0.29) is 28.7 Å². The summed E-state index contributed by atoms with van der Waals surface area (Å²) < 4.78 is 6.10. The molecule has 0 fully saturated rings. The van der Waals surface area contributed by atoms with Crippen LogP contribution in [0.5, 0.6) is 5.75 Å². The van der Waals surface area contributed by atoms with Crippen LogP contribution in [0.15, 0.2) is 66.7 Å². The second-order valence-electron chi connectivity index (χ2n) is 11.6. The summed E-state index contributed by atoms with van der Waals surface area (Å²) in [4.78, 5) is 36.6. The number of hydrogen-bond donors (Lipinski definition) is 3. The molecule has 0 aliphatic carbocycles. The fourth-order valence-electron chi connectivity index (χ4n) is 4.02. The molecule has 0 radical (unpaired) electrons. The van der Waals surface area contributed by atoms with Crippen LogP contribution in [-0.4, -0.2) is 29.5 Å². The molecule has 7 heteroatoms. The highest BCUT2D eigenvalue weighted by Crippen LogP contribution is 2.35. The van der Waals surface area contributed by atoms with Gasteiger partial charge in [-0.2, -0.15) is 0 Å². The number of carbonyl (C=O) groups excluding carboxylic acids is 2. The molecule has 3 rings (SSSR count). The lowest BCUT2D eigenvalue weighted by Crippen LogP contribution is -2.19. The fourth-order valence-corrected chi connectivity index (χ4v) is 4.02. The second kappa shape index (κ2) is 12.2. The molecule has 0 heterocycles. The van der Waals surface area contributed by atoms with Gasteiger partial charge in [0.05, 0.1) is 23.4 Å². The molecular formula is C32H38N2O5. The zero-order valence-corrected chi connectivity index (χ0v) is 23.6. The first-order chi connectivity index (χ1) is 18.3. The lowest BCUT2D eigenvalue weighted by atomic mass is 9.80. The first-order valence-corrected chi connectivity index (χ1v) is 13.1. The maximum Gasteiger partial charge on any atom is 0.335 e. The summed E-state index contributed by atoms with van der Waals surface area (Å²) in [5, 5.41) is 14.6. The third-order valence-corrected chi connectivity index (χ3v) is 6.29. The molecule has 0 saturated carbocycles. The van der Waals surface area contributed by atoms with E-state index in [1.807, 2.05) is 6.07 Å². The highest BCUT2D eigenvalue weighted by Gasteiger charge is 2.23. The van der Waals surface area contributed by atoms with Crippen molar-refractivity contribution in [3.8, 4) is 5.75 Å². The van der Waals surface area contributed by atoms with Crippen LogP contribution in [0.2, 0.25) is 0 Å². The maximum absolute atomic E-state index is 12.9.